The molecule has 21 fully saturated rings. The van der Waals surface area contributed by atoms with E-state index in [1.54, 1.807) is 373 Å². The van der Waals surface area contributed by atoms with Crippen molar-refractivity contribution in [2.45, 2.75) is 428 Å². The molecular formula is C101H165BN2. The Morgan fingerprint density at radius 1 is 0.231 bits per heavy atom. The number of rotatable bonds is 11. The predicted octanol–water partition coefficient (Wildman–Crippen LogP) is 27.3. The SMILES string of the molecule is CC(C)(C)CC1CC2C3B(C4CC[C@H](C5CC[C@@H]6C7[C@H]5CCC[C@@H]7C5CCCC7CCCC6[C@@H]75)C[C@@H]4N(CC4[C@@H](C5CCCCC5)CCC[C@H]4C4CCCCC4)C3C1)[C@H]1CCC([C@@H]3CCC4[C@@H]5CCC[C@@H]6CCCC(C65)C5CCCC3[C@@H]54)CC1N2CC1[C@@H](C2CCCCC2)CCC[C@H]1C1CCCCC1. The lowest BCUT2D eigenvalue weighted by Crippen LogP contribution is -2.74. The van der Waals surface area contributed by atoms with Gasteiger partial charge in [-0.2, -0.15) is 0 Å². The molecule has 0 radical (unpaired) electrons. The van der Waals surface area contributed by atoms with Gasteiger partial charge in [0, 0.05) is 37.3 Å². The minimum Gasteiger partial charge on any atom is -0.298 e. The highest BCUT2D eigenvalue weighted by Gasteiger charge is 2.68. The molecule has 0 spiro atoms. The second-order valence-corrected chi connectivity index (χ2v) is 47.4. The Labute approximate surface area is 642 Å². The Morgan fingerprint density at radius 2 is 0.510 bits per heavy atom. The van der Waals surface area contributed by atoms with Crippen LogP contribution in [0.3, 0.4) is 0 Å². The van der Waals surface area contributed by atoms with Crippen molar-refractivity contribution in [1.29, 1.82) is 0 Å². The largest absolute Gasteiger partial charge is 0.298 e. The zero-order valence-corrected chi connectivity index (χ0v) is 68.6. The van der Waals surface area contributed by atoms with E-state index in [1.807, 2.05) is 0 Å². The molecular weight excluding hydrogens is 1250 g/mol. The fourth-order valence-electron chi connectivity index (χ4n) is 40.6. The zero-order chi connectivity index (χ0) is 68.9. The summed E-state index contributed by atoms with van der Waals surface area (Å²) in [7, 11) is 0. The highest BCUT2D eigenvalue weighted by Crippen LogP contribution is 2.72. The topological polar surface area (TPSA) is 6.48 Å². The van der Waals surface area contributed by atoms with E-state index >= 15 is 0 Å². The van der Waals surface area contributed by atoms with E-state index < -0.39 is 0 Å². The lowest BCUT2D eigenvalue weighted by atomic mass is 9.18. The molecule has 582 valence electrons. The van der Waals surface area contributed by atoms with Crippen LogP contribution < -0.4 is 0 Å². The molecule has 19 saturated carbocycles. The zero-order valence-electron chi connectivity index (χ0n) is 68.6. The Kier molecular flexibility index (Phi) is 20.9. The molecule has 34 atom stereocenters. The summed E-state index contributed by atoms with van der Waals surface area (Å²) in [5, 5.41) is 0. The van der Waals surface area contributed by atoms with Gasteiger partial charge in [0.2, 0.25) is 0 Å². The van der Waals surface area contributed by atoms with E-state index in [-0.39, 0.29) is 0 Å². The molecule has 2 aliphatic heterocycles. The van der Waals surface area contributed by atoms with Gasteiger partial charge in [-0.1, -0.05) is 252 Å². The van der Waals surface area contributed by atoms with Crippen LogP contribution in [0, 0.1) is 189 Å². The van der Waals surface area contributed by atoms with Crippen LogP contribution in [0.2, 0.25) is 17.5 Å². The van der Waals surface area contributed by atoms with Gasteiger partial charge in [-0.25, -0.2) is 0 Å². The van der Waals surface area contributed by atoms with Crippen molar-refractivity contribution in [3.63, 3.8) is 0 Å². The van der Waals surface area contributed by atoms with Gasteiger partial charge in [-0.15, -0.1) is 0 Å². The van der Waals surface area contributed by atoms with E-state index in [0.29, 0.717) is 5.41 Å². The summed E-state index contributed by atoms with van der Waals surface area (Å²) < 4.78 is 0. The first kappa shape index (κ1) is 71.7. The molecule has 2 heterocycles. The molecule has 21 aliphatic rings. The van der Waals surface area contributed by atoms with Gasteiger partial charge in [-0.05, 0) is 341 Å². The molecule has 0 amide bonds. The maximum absolute atomic E-state index is 3.85. The third-order valence-corrected chi connectivity index (χ3v) is 42.9. The van der Waals surface area contributed by atoms with Crippen LogP contribution in [0.1, 0.15) is 387 Å². The second kappa shape index (κ2) is 30.3. The fourth-order valence-corrected chi connectivity index (χ4v) is 40.6. The lowest BCUT2D eigenvalue weighted by Gasteiger charge is -2.70. The fraction of sp³-hybridized carbons (Fsp3) is 1.00. The van der Waals surface area contributed by atoms with Gasteiger partial charge in [-0.3, -0.25) is 9.80 Å². The van der Waals surface area contributed by atoms with Crippen molar-refractivity contribution in [2.75, 3.05) is 13.1 Å². The smallest absolute Gasteiger partial charge is 0.156 e. The lowest BCUT2D eigenvalue weighted by molar-refractivity contribution is -0.159. The Hall–Kier alpha value is -0.0151. The molecule has 19 aliphatic carbocycles. The monoisotopic (exact) mass is 1420 g/mol. The predicted molar refractivity (Wildman–Crippen MR) is 436 cm³/mol. The van der Waals surface area contributed by atoms with Gasteiger partial charge in [0.25, 0.3) is 0 Å². The van der Waals surface area contributed by atoms with Crippen molar-refractivity contribution in [2.24, 2.45) is 189 Å². The standard InChI is InChI=1S/C101H165BN2/c1-101(2,3)60-63-56-94-100-95(57-63)104(62-89-74(66-28-12-6-13-29-66)38-21-39-75(89)67-30-14-7-15-31-67)93-59-71(77-51-53-87-83-43-19-35-69-33-17-41-81(97(69)83)85-47-23-45-79(77)99(85)87)49-55-91(93)102(100)90-54-48-70(76-50-52-86-82-42-18-34-68-32-16-40-80(96(68)82)84-46-22-44-78(76)98(84)86)58-92(90)103(94)61-88-72(64-24-8-4-9-25-64)36-20-37-73(88)65-26-10-5-11-27-65/h63-100H,4-62H2,1-3H3/t63?,68-,69?,70?,71-,72-,73+,74-,75+,76-,77?,78?,79-,80?,81?,82-,83?,84?,85+,86?,87-,88?,89?,90-,91?,92?,93-,94?,95?,96?,97-,98-,99?,100?/m0/s1. The summed E-state index contributed by atoms with van der Waals surface area (Å²) in [5.74, 6) is 36.1. The molecule has 0 N–H and O–H groups in total. The molecule has 104 heavy (non-hydrogen) atoms. The Balaban J connectivity index is 0.681. The van der Waals surface area contributed by atoms with Crippen molar-refractivity contribution in [1.82, 2.24) is 9.80 Å². The minimum absolute atomic E-state index is 0.397. The van der Waals surface area contributed by atoms with Crippen LogP contribution in [-0.2, 0) is 0 Å². The molecule has 3 heteroatoms. The van der Waals surface area contributed by atoms with Crippen LogP contribution in [0.25, 0.3) is 0 Å². The summed E-state index contributed by atoms with van der Waals surface area (Å²) in [6.45, 7) is 12.4. The maximum atomic E-state index is 3.85. The first-order valence-corrected chi connectivity index (χ1v) is 50.7. The summed E-state index contributed by atoms with van der Waals surface area (Å²) >= 11 is 0. The third-order valence-electron chi connectivity index (χ3n) is 42.9. The van der Waals surface area contributed by atoms with Gasteiger partial charge in [0.05, 0.1) is 0 Å². The Bertz CT molecular complexity index is 2560. The Morgan fingerprint density at radius 3 is 0.846 bits per heavy atom. The third kappa shape index (κ3) is 12.8. The highest BCUT2D eigenvalue weighted by molar-refractivity contribution is 6.65. The van der Waals surface area contributed by atoms with Crippen molar-refractivity contribution >= 4 is 6.71 Å². The molecule has 0 aromatic carbocycles. The first-order chi connectivity index (χ1) is 51.2. The van der Waals surface area contributed by atoms with Gasteiger partial charge in [0.1, 0.15) is 0 Å². The van der Waals surface area contributed by atoms with E-state index in [9.17, 15) is 0 Å². The van der Waals surface area contributed by atoms with E-state index in [0.717, 1.165) is 232 Å². The van der Waals surface area contributed by atoms with Crippen molar-refractivity contribution < 1.29 is 0 Å². The molecule has 2 nitrogen and oxygen atoms in total. The van der Waals surface area contributed by atoms with E-state index in [2.05, 4.69) is 30.6 Å². The molecule has 21 rings (SSSR count). The van der Waals surface area contributed by atoms with Crippen LogP contribution in [0.5, 0.6) is 0 Å². The highest BCUT2D eigenvalue weighted by atomic mass is 15.3. The first-order valence-electron chi connectivity index (χ1n) is 50.7. The molecule has 19 unspecified atom stereocenters. The summed E-state index contributed by atoms with van der Waals surface area (Å²) in [6, 6.07) is 3.47. The van der Waals surface area contributed by atoms with Crippen LogP contribution in [-0.4, -0.2) is 53.8 Å². The van der Waals surface area contributed by atoms with Crippen LogP contribution in [0.4, 0.5) is 0 Å². The van der Waals surface area contributed by atoms with Gasteiger partial charge in [0.15, 0.2) is 6.71 Å². The number of hydrogen-bond donors (Lipinski definition) is 0. The molecule has 2 saturated heterocycles. The van der Waals surface area contributed by atoms with Crippen molar-refractivity contribution in [3.05, 3.63) is 0 Å². The van der Waals surface area contributed by atoms with Crippen molar-refractivity contribution in [3.8, 4) is 0 Å². The number of hydrogen-bond acceptors (Lipinski definition) is 2. The maximum Gasteiger partial charge on any atom is 0.156 e. The normalized spacial score (nSPS) is 52.6. The van der Waals surface area contributed by atoms with Gasteiger partial charge < -0.3 is 0 Å². The average Bonchev–Trinajstić information content (AvgIpc) is 0.703. The number of fused-ring (bicyclic) bond motifs is 8. The molecule has 0 aromatic heterocycles. The average molecular weight is 1420 g/mol. The summed E-state index contributed by atoms with van der Waals surface area (Å²) in [6.07, 6.45) is 91.7. The second-order valence-electron chi connectivity index (χ2n) is 47.4. The van der Waals surface area contributed by atoms with E-state index in [1.165, 1.54) is 6.42 Å². The van der Waals surface area contributed by atoms with Gasteiger partial charge >= 0.3 is 0 Å². The van der Waals surface area contributed by atoms with Crippen LogP contribution in [0.15, 0.2) is 0 Å². The summed E-state index contributed by atoms with van der Waals surface area (Å²) in [5.41, 5.74) is 0.397. The van der Waals surface area contributed by atoms with E-state index in [4.69, 9.17) is 0 Å². The quantitative estimate of drug-likeness (QED) is 0.190. The summed E-state index contributed by atoms with van der Waals surface area (Å²) in [4.78, 5) is 7.69. The molecule has 0 aromatic rings. The number of nitrogens with zero attached hydrogens (tertiary/aromatic N) is 2. The minimum atomic E-state index is 0.397. The van der Waals surface area contributed by atoms with Crippen LogP contribution >= 0.6 is 0 Å². The molecule has 0 bridgehead atoms.